The second kappa shape index (κ2) is 7.09. The zero-order valence-electron chi connectivity index (χ0n) is 13.9. The Balaban J connectivity index is 1.85. The molecule has 0 saturated carbocycles. The third-order valence-corrected chi connectivity index (χ3v) is 4.40. The molecule has 3 aromatic rings. The van der Waals surface area contributed by atoms with Crippen LogP contribution in [0.3, 0.4) is 0 Å². The number of ether oxygens (including phenoxy) is 2. The Kier molecular flexibility index (Phi) is 4.90. The summed E-state index contributed by atoms with van der Waals surface area (Å²) in [5.74, 6) is 2.45. The van der Waals surface area contributed by atoms with E-state index in [2.05, 4.69) is 40.3 Å². The van der Waals surface area contributed by atoms with Crippen molar-refractivity contribution < 1.29 is 9.47 Å². The van der Waals surface area contributed by atoms with Gasteiger partial charge in [0.25, 0.3) is 0 Å². The van der Waals surface area contributed by atoms with Gasteiger partial charge in [-0.3, -0.25) is 0 Å². The van der Waals surface area contributed by atoms with E-state index in [0.717, 1.165) is 43.8 Å². The first-order valence-electron chi connectivity index (χ1n) is 7.62. The normalized spacial score (nSPS) is 10.7. The van der Waals surface area contributed by atoms with Gasteiger partial charge in [0.05, 0.1) is 19.7 Å². The molecular formula is C19H19BrN2O2. The van der Waals surface area contributed by atoms with Gasteiger partial charge < -0.3 is 14.8 Å². The van der Waals surface area contributed by atoms with Crippen molar-refractivity contribution in [2.75, 3.05) is 19.5 Å². The molecule has 0 aliphatic heterocycles. The molecule has 0 bridgehead atoms. The molecule has 5 heteroatoms. The van der Waals surface area contributed by atoms with Gasteiger partial charge >= 0.3 is 0 Å². The summed E-state index contributed by atoms with van der Waals surface area (Å²) in [7, 11) is 3.31. The highest BCUT2D eigenvalue weighted by Crippen LogP contribution is 2.27. The Labute approximate surface area is 149 Å². The molecule has 0 aliphatic rings. The lowest BCUT2D eigenvalue weighted by Gasteiger charge is -2.13. The van der Waals surface area contributed by atoms with Crippen LogP contribution in [-0.2, 0) is 6.54 Å². The van der Waals surface area contributed by atoms with Crippen molar-refractivity contribution in [3.05, 3.63) is 58.1 Å². The molecule has 1 N–H and O–H groups in total. The van der Waals surface area contributed by atoms with Crippen molar-refractivity contribution in [2.45, 2.75) is 13.5 Å². The molecule has 1 aromatic heterocycles. The fraction of sp³-hybridized carbons (Fsp3) is 0.211. The van der Waals surface area contributed by atoms with Crippen molar-refractivity contribution in [2.24, 2.45) is 0 Å². The number of pyridine rings is 1. The fourth-order valence-corrected chi connectivity index (χ4v) is 2.99. The first kappa shape index (κ1) is 16.6. The minimum absolute atomic E-state index is 0.628. The monoisotopic (exact) mass is 386 g/mol. The van der Waals surface area contributed by atoms with Crippen molar-refractivity contribution in [1.29, 1.82) is 0 Å². The van der Waals surface area contributed by atoms with Crippen LogP contribution in [0.5, 0.6) is 11.5 Å². The number of halogens is 1. The zero-order valence-corrected chi connectivity index (χ0v) is 15.5. The van der Waals surface area contributed by atoms with Gasteiger partial charge in [-0.25, -0.2) is 4.98 Å². The van der Waals surface area contributed by atoms with E-state index in [0.29, 0.717) is 6.54 Å². The largest absolute Gasteiger partial charge is 0.497 e. The summed E-state index contributed by atoms with van der Waals surface area (Å²) in [6, 6.07) is 14.0. The number of hydrogen-bond donors (Lipinski definition) is 1. The maximum atomic E-state index is 5.44. The average molecular weight is 387 g/mol. The van der Waals surface area contributed by atoms with Crippen molar-refractivity contribution >= 4 is 32.7 Å². The number of methoxy groups -OCH3 is 2. The van der Waals surface area contributed by atoms with Crippen LogP contribution in [-0.4, -0.2) is 19.2 Å². The number of hydrogen-bond acceptors (Lipinski definition) is 4. The summed E-state index contributed by atoms with van der Waals surface area (Å²) in [5, 5.41) is 4.52. The van der Waals surface area contributed by atoms with Gasteiger partial charge in [0.2, 0.25) is 0 Å². The highest BCUT2D eigenvalue weighted by atomic mass is 79.9. The summed E-state index contributed by atoms with van der Waals surface area (Å²) in [6.45, 7) is 2.68. The lowest BCUT2D eigenvalue weighted by atomic mass is 10.1. The van der Waals surface area contributed by atoms with Crippen LogP contribution < -0.4 is 14.8 Å². The van der Waals surface area contributed by atoms with Gasteiger partial charge in [-0.15, -0.1) is 0 Å². The van der Waals surface area contributed by atoms with Gasteiger partial charge in [0.15, 0.2) is 0 Å². The second-order valence-corrected chi connectivity index (χ2v) is 6.44. The smallest absolute Gasteiger partial charge is 0.129 e. The number of benzene rings is 2. The summed E-state index contributed by atoms with van der Waals surface area (Å²) in [5.41, 5.74) is 3.12. The molecule has 0 aliphatic carbocycles. The van der Waals surface area contributed by atoms with Gasteiger partial charge in [-0.2, -0.15) is 0 Å². The van der Waals surface area contributed by atoms with E-state index in [9.17, 15) is 0 Å². The first-order valence-corrected chi connectivity index (χ1v) is 8.41. The van der Waals surface area contributed by atoms with Crippen molar-refractivity contribution in [3.8, 4) is 11.5 Å². The van der Waals surface area contributed by atoms with E-state index < -0.39 is 0 Å². The molecule has 0 unspecified atom stereocenters. The predicted octanol–water partition coefficient (Wildman–Crippen LogP) is 4.94. The molecule has 0 amide bonds. The van der Waals surface area contributed by atoms with Crippen LogP contribution in [0.4, 0.5) is 5.82 Å². The van der Waals surface area contributed by atoms with E-state index in [1.54, 1.807) is 14.2 Å². The molecule has 3 rings (SSSR count). The average Bonchev–Trinajstić information content (AvgIpc) is 2.59. The Hall–Kier alpha value is -2.27. The molecule has 4 nitrogen and oxygen atoms in total. The van der Waals surface area contributed by atoms with Gasteiger partial charge in [-0.1, -0.05) is 15.9 Å². The standard InChI is InChI=1S/C19H19BrN2O2/c1-12-8-14-9-15(20)5-7-17(14)22-19(12)21-11-13-4-6-16(23-2)10-18(13)24-3/h4-10H,11H2,1-3H3,(H,21,22). The van der Waals surface area contributed by atoms with Crippen LogP contribution in [0.25, 0.3) is 10.9 Å². The second-order valence-electron chi connectivity index (χ2n) is 5.52. The van der Waals surface area contributed by atoms with Crippen LogP contribution in [0.15, 0.2) is 46.9 Å². The number of rotatable bonds is 5. The van der Waals surface area contributed by atoms with Crippen LogP contribution in [0, 0.1) is 6.92 Å². The quantitative estimate of drug-likeness (QED) is 0.674. The summed E-state index contributed by atoms with van der Waals surface area (Å²) < 4.78 is 11.7. The van der Waals surface area contributed by atoms with E-state index in [1.165, 1.54) is 0 Å². The van der Waals surface area contributed by atoms with Crippen molar-refractivity contribution in [3.63, 3.8) is 0 Å². The number of nitrogens with one attached hydrogen (secondary N) is 1. The molecule has 0 spiro atoms. The lowest BCUT2D eigenvalue weighted by molar-refractivity contribution is 0.391. The Morgan fingerprint density at radius 1 is 1.04 bits per heavy atom. The van der Waals surface area contributed by atoms with E-state index >= 15 is 0 Å². The SMILES string of the molecule is COc1ccc(CNc2nc3ccc(Br)cc3cc2C)c(OC)c1. The topological polar surface area (TPSA) is 43.4 Å². The van der Waals surface area contributed by atoms with Gasteiger partial charge in [0, 0.05) is 28.0 Å². The van der Waals surface area contributed by atoms with Gasteiger partial charge in [-0.05, 0) is 48.9 Å². The third-order valence-electron chi connectivity index (χ3n) is 3.91. The zero-order chi connectivity index (χ0) is 17.1. The Morgan fingerprint density at radius 3 is 2.62 bits per heavy atom. The number of anilines is 1. The van der Waals surface area contributed by atoms with Crippen LogP contribution in [0.2, 0.25) is 0 Å². The predicted molar refractivity (Wildman–Crippen MR) is 101 cm³/mol. The number of aromatic nitrogens is 1. The van der Waals surface area contributed by atoms with Crippen LogP contribution in [0.1, 0.15) is 11.1 Å². The highest BCUT2D eigenvalue weighted by Gasteiger charge is 2.08. The van der Waals surface area contributed by atoms with E-state index in [4.69, 9.17) is 14.5 Å². The minimum atomic E-state index is 0.628. The molecule has 0 fully saturated rings. The summed E-state index contributed by atoms with van der Waals surface area (Å²) in [4.78, 5) is 4.72. The number of fused-ring (bicyclic) bond motifs is 1. The fourth-order valence-electron chi connectivity index (χ4n) is 2.61. The Morgan fingerprint density at radius 2 is 1.88 bits per heavy atom. The van der Waals surface area contributed by atoms with E-state index in [-0.39, 0.29) is 0 Å². The molecule has 0 saturated heterocycles. The third kappa shape index (κ3) is 3.46. The summed E-state index contributed by atoms with van der Waals surface area (Å²) >= 11 is 3.50. The molecule has 124 valence electrons. The van der Waals surface area contributed by atoms with Crippen LogP contribution >= 0.6 is 15.9 Å². The molecule has 1 heterocycles. The molecular weight excluding hydrogens is 368 g/mol. The molecule has 0 atom stereocenters. The maximum absolute atomic E-state index is 5.44. The van der Waals surface area contributed by atoms with Crippen molar-refractivity contribution in [1.82, 2.24) is 4.98 Å². The molecule has 0 radical (unpaired) electrons. The summed E-state index contributed by atoms with van der Waals surface area (Å²) in [6.07, 6.45) is 0. The minimum Gasteiger partial charge on any atom is -0.497 e. The lowest BCUT2D eigenvalue weighted by Crippen LogP contribution is -2.05. The molecule has 24 heavy (non-hydrogen) atoms. The maximum Gasteiger partial charge on any atom is 0.129 e. The van der Waals surface area contributed by atoms with Gasteiger partial charge in [0.1, 0.15) is 17.3 Å². The first-order chi connectivity index (χ1) is 11.6. The molecule has 2 aromatic carbocycles. The highest BCUT2D eigenvalue weighted by molar-refractivity contribution is 9.10. The Bertz CT molecular complexity index is 881. The number of aryl methyl sites for hydroxylation is 1. The number of nitrogens with zero attached hydrogens (tertiary/aromatic N) is 1. The van der Waals surface area contributed by atoms with E-state index in [1.807, 2.05) is 30.3 Å².